The molecule has 0 aliphatic heterocycles. The van der Waals surface area contributed by atoms with Crippen molar-refractivity contribution in [3.05, 3.63) is 211 Å². The van der Waals surface area contributed by atoms with Crippen molar-refractivity contribution in [3.63, 3.8) is 0 Å². The lowest BCUT2D eigenvalue weighted by Gasteiger charge is -2.12. The highest BCUT2D eigenvalue weighted by Gasteiger charge is 2.19. The summed E-state index contributed by atoms with van der Waals surface area (Å²) in [6.45, 7) is 0. The van der Waals surface area contributed by atoms with Gasteiger partial charge in [-0.3, -0.25) is 4.57 Å². The highest BCUT2D eigenvalue weighted by molar-refractivity contribution is 6.10. The fourth-order valence-corrected chi connectivity index (χ4v) is 9.20. The maximum atomic E-state index is 5.31. The van der Waals surface area contributed by atoms with Gasteiger partial charge in [-0.2, -0.15) is 9.97 Å². The van der Waals surface area contributed by atoms with Gasteiger partial charge in [-0.15, -0.1) is 0 Å². The van der Waals surface area contributed by atoms with Gasteiger partial charge >= 0.3 is 0 Å². The Labute approximate surface area is 358 Å². The van der Waals surface area contributed by atoms with Crippen molar-refractivity contribution in [2.24, 2.45) is 0 Å². The lowest BCUT2D eigenvalue weighted by molar-refractivity contribution is 0.902. The van der Waals surface area contributed by atoms with Gasteiger partial charge in [0.05, 0.1) is 21.9 Å². The predicted octanol–water partition coefficient (Wildman–Crippen LogP) is 12.6. The molecule has 0 fully saturated rings. The van der Waals surface area contributed by atoms with Crippen molar-refractivity contribution >= 4 is 44.9 Å². The van der Waals surface area contributed by atoms with Crippen molar-refractivity contribution in [1.82, 2.24) is 24.1 Å². The molecular weight excluding hydrogens is 755 g/mol. The van der Waals surface area contributed by atoms with E-state index >= 15 is 0 Å². The van der Waals surface area contributed by atoms with Gasteiger partial charge in [0.15, 0.2) is 11.6 Å². The smallest absolute Gasteiger partial charge is 0.238 e. The van der Waals surface area contributed by atoms with Crippen LogP contribution in [-0.4, -0.2) is 24.1 Å². The van der Waals surface area contributed by atoms with Crippen LogP contribution < -0.4 is 10.6 Å². The minimum absolute atomic E-state index is 0.596. The van der Waals surface area contributed by atoms with Crippen LogP contribution in [0.4, 0.5) is 0 Å². The molecule has 0 unspecified atom stereocenters. The highest BCUT2D eigenvalue weighted by Crippen LogP contribution is 2.36. The molecule has 8 aromatic carbocycles. The van der Waals surface area contributed by atoms with Crippen LogP contribution in [-0.2, 0) is 0 Å². The van der Waals surface area contributed by atoms with E-state index in [4.69, 9.17) is 15.0 Å². The molecule has 0 bridgehead atoms. The summed E-state index contributed by atoms with van der Waals surface area (Å²) in [5.41, 5.74) is 13.3. The van der Waals surface area contributed by atoms with E-state index in [1.807, 2.05) is 12.1 Å². The maximum Gasteiger partial charge on any atom is 0.238 e. The van der Waals surface area contributed by atoms with Gasteiger partial charge in [0.2, 0.25) is 5.95 Å². The van der Waals surface area contributed by atoms with Crippen molar-refractivity contribution in [1.29, 1.82) is 0 Å². The van der Waals surface area contributed by atoms with Crippen LogP contribution in [0.15, 0.2) is 200 Å². The molecule has 5 heteroatoms. The second-order valence-corrected chi connectivity index (χ2v) is 15.9. The standard InChI is InChI=1S/C57H39N5/c1-4-14-38(15-5-1)40-24-28-42(29-25-40)55-58-56(43-30-26-41(27-31-43)39-16-6-2-7-17-39)60-57(59-55)62-52-23-13-11-21-48(52)50-35-33-45(37-54(50)62)44-32-34-49-47-20-10-12-22-51(47)61(53(49)36-44)46-18-8-3-9-19-46/h1-10,12,14-37H,11,13H2. The first-order valence-corrected chi connectivity index (χ1v) is 21.3. The van der Waals surface area contributed by atoms with Crippen LogP contribution in [0.25, 0.3) is 113 Å². The molecule has 0 amide bonds. The van der Waals surface area contributed by atoms with E-state index in [1.165, 1.54) is 43.5 Å². The predicted molar refractivity (Wildman–Crippen MR) is 256 cm³/mol. The number of aromatic nitrogens is 5. The van der Waals surface area contributed by atoms with Crippen molar-refractivity contribution in [2.45, 2.75) is 12.8 Å². The summed E-state index contributed by atoms with van der Waals surface area (Å²) < 4.78 is 4.64. The fraction of sp³-hybridized carbons (Fsp3) is 0.0351. The van der Waals surface area contributed by atoms with Crippen LogP contribution in [0.2, 0.25) is 0 Å². The molecule has 3 aromatic heterocycles. The number of hydrogen-bond acceptors (Lipinski definition) is 3. The fourth-order valence-electron chi connectivity index (χ4n) is 9.20. The average Bonchev–Trinajstić information content (AvgIpc) is 3.87. The molecule has 1 aliphatic rings. The van der Waals surface area contributed by atoms with Gasteiger partial charge in [-0.05, 0) is 76.6 Å². The Morgan fingerprint density at radius 2 is 0.774 bits per heavy atom. The topological polar surface area (TPSA) is 48.5 Å². The maximum absolute atomic E-state index is 5.31. The quantitative estimate of drug-likeness (QED) is 0.161. The summed E-state index contributed by atoms with van der Waals surface area (Å²) in [7, 11) is 0. The number of nitrogens with zero attached hydrogens (tertiary/aromatic N) is 5. The van der Waals surface area contributed by atoms with E-state index in [0.29, 0.717) is 17.6 Å². The highest BCUT2D eigenvalue weighted by atomic mass is 15.2. The normalized spacial score (nSPS) is 12.3. The van der Waals surface area contributed by atoms with Crippen molar-refractivity contribution < 1.29 is 0 Å². The largest absolute Gasteiger partial charge is 0.309 e. The molecule has 3 heterocycles. The number of benzene rings is 8. The first kappa shape index (κ1) is 35.8. The lowest BCUT2D eigenvalue weighted by atomic mass is 10.0. The van der Waals surface area contributed by atoms with E-state index in [-0.39, 0.29) is 0 Å². The third kappa shape index (κ3) is 6.13. The summed E-state index contributed by atoms with van der Waals surface area (Å²) >= 11 is 0. The molecule has 0 saturated heterocycles. The van der Waals surface area contributed by atoms with E-state index in [0.717, 1.165) is 62.8 Å². The third-order valence-electron chi connectivity index (χ3n) is 12.2. The molecule has 292 valence electrons. The van der Waals surface area contributed by atoms with Gasteiger partial charge in [0.25, 0.3) is 0 Å². The molecule has 62 heavy (non-hydrogen) atoms. The Hall–Kier alpha value is -8.15. The summed E-state index contributed by atoms with van der Waals surface area (Å²) in [6.07, 6.45) is 6.64. The van der Waals surface area contributed by atoms with E-state index in [1.54, 1.807) is 0 Å². The number of rotatable bonds is 7. The zero-order valence-corrected chi connectivity index (χ0v) is 33.9. The molecule has 0 radical (unpaired) electrons. The first-order valence-electron chi connectivity index (χ1n) is 21.3. The second-order valence-electron chi connectivity index (χ2n) is 15.9. The molecular formula is C57H39N5. The van der Waals surface area contributed by atoms with Crippen molar-refractivity contribution in [3.8, 4) is 67.8 Å². The molecule has 12 rings (SSSR count). The SMILES string of the molecule is C1=c2c(n(-c3nc(-c4ccc(-c5ccccc5)cc4)nc(-c4ccc(-c5ccccc5)cc4)n3)c3cc(-c4ccc5c6ccccc6n(-c6ccccc6)c5c4)ccc23)=CCC1. The van der Waals surface area contributed by atoms with Gasteiger partial charge in [0.1, 0.15) is 0 Å². The molecule has 0 saturated carbocycles. The molecule has 5 nitrogen and oxygen atoms in total. The number of fused-ring (bicyclic) bond motifs is 6. The van der Waals surface area contributed by atoms with Crippen LogP contribution in [0.5, 0.6) is 0 Å². The summed E-state index contributed by atoms with van der Waals surface area (Å²) in [4.78, 5) is 15.8. The zero-order chi connectivity index (χ0) is 41.0. The molecule has 0 N–H and O–H groups in total. The summed E-state index contributed by atoms with van der Waals surface area (Å²) in [5.74, 6) is 1.85. The Balaban J connectivity index is 1.05. The lowest BCUT2D eigenvalue weighted by Crippen LogP contribution is -2.31. The molecule has 11 aromatic rings. The minimum atomic E-state index is 0.596. The molecule has 0 spiro atoms. The molecule has 1 aliphatic carbocycles. The van der Waals surface area contributed by atoms with Crippen LogP contribution >= 0.6 is 0 Å². The van der Waals surface area contributed by atoms with Crippen LogP contribution in [0.3, 0.4) is 0 Å². The van der Waals surface area contributed by atoms with Gasteiger partial charge in [-0.1, -0.05) is 182 Å². The van der Waals surface area contributed by atoms with Crippen LogP contribution in [0, 0.1) is 0 Å². The third-order valence-corrected chi connectivity index (χ3v) is 12.2. The summed E-state index contributed by atoms with van der Waals surface area (Å²) in [5, 5.41) is 6.00. The zero-order valence-electron chi connectivity index (χ0n) is 33.9. The Kier molecular flexibility index (Phi) is 8.56. The number of hydrogen-bond donors (Lipinski definition) is 0. The van der Waals surface area contributed by atoms with Crippen LogP contribution in [0.1, 0.15) is 12.8 Å². The van der Waals surface area contributed by atoms with E-state index in [2.05, 4.69) is 209 Å². The molecule has 0 atom stereocenters. The Morgan fingerprint density at radius 1 is 0.323 bits per heavy atom. The van der Waals surface area contributed by atoms with E-state index in [9.17, 15) is 0 Å². The van der Waals surface area contributed by atoms with Gasteiger partial charge < -0.3 is 4.57 Å². The minimum Gasteiger partial charge on any atom is -0.309 e. The van der Waals surface area contributed by atoms with Gasteiger partial charge in [-0.25, -0.2) is 4.98 Å². The van der Waals surface area contributed by atoms with E-state index < -0.39 is 0 Å². The van der Waals surface area contributed by atoms with Crippen molar-refractivity contribution in [2.75, 3.05) is 0 Å². The van der Waals surface area contributed by atoms with Gasteiger partial charge in [0, 0.05) is 38.2 Å². The first-order chi connectivity index (χ1) is 30.7. The number of para-hydroxylation sites is 2. The second kappa shape index (κ2) is 14.8. The Bertz CT molecular complexity index is 3490. The average molecular weight is 794 g/mol. The Morgan fingerprint density at radius 3 is 1.39 bits per heavy atom. The summed E-state index contributed by atoms with van der Waals surface area (Å²) in [6, 6.07) is 71.1. The monoisotopic (exact) mass is 793 g/mol.